The van der Waals surface area contributed by atoms with E-state index >= 15 is 0 Å². The lowest BCUT2D eigenvalue weighted by molar-refractivity contribution is -0.138. The lowest BCUT2D eigenvalue weighted by atomic mass is 10.3. The molecule has 0 unspecified atom stereocenters. The van der Waals surface area contributed by atoms with Gasteiger partial charge in [0.2, 0.25) is 5.91 Å². The molecule has 0 aromatic heterocycles. The maximum absolute atomic E-state index is 11.3. The Bertz CT molecular complexity index is 227. The first kappa shape index (κ1) is 14.9. The van der Waals surface area contributed by atoms with Crippen LogP contribution in [0.5, 0.6) is 0 Å². The highest BCUT2D eigenvalue weighted by molar-refractivity contribution is 5.74. The van der Waals surface area contributed by atoms with Gasteiger partial charge in [0.05, 0.1) is 6.42 Å². The van der Waals surface area contributed by atoms with Gasteiger partial charge in [0.15, 0.2) is 0 Å². The number of hydrogen-bond acceptors (Lipinski definition) is 3. The van der Waals surface area contributed by atoms with Crippen LogP contribution >= 0.6 is 0 Å². The van der Waals surface area contributed by atoms with Crippen molar-refractivity contribution in [2.45, 2.75) is 27.2 Å². The van der Waals surface area contributed by atoms with Crippen molar-refractivity contribution in [3.05, 3.63) is 0 Å². The van der Waals surface area contributed by atoms with Gasteiger partial charge in [0, 0.05) is 26.6 Å². The number of carboxylic acid groups (broad SMARTS) is 1. The summed E-state index contributed by atoms with van der Waals surface area (Å²) >= 11 is 0. The Kier molecular flexibility index (Phi) is 7.54. The van der Waals surface area contributed by atoms with E-state index in [1.165, 1.54) is 6.92 Å². The minimum Gasteiger partial charge on any atom is -0.481 e. The summed E-state index contributed by atoms with van der Waals surface area (Å²) in [5.41, 5.74) is 0. The summed E-state index contributed by atoms with van der Waals surface area (Å²) in [5.74, 6) is -0.928. The lowest BCUT2D eigenvalue weighted by Crippen LogP contribution is -2.38. The van der Waals surface area contributed by atoms with Crippen molar-refractivity contribution in [3.8, 4) is 0 Å². The van der Waals surface area contributed by atoms with Gasteiger partial charge < -0.3 is 14.9 Å². The van der Waals surface area contributed by atoms with Crippen molar-refractivity contribution < 1.29 is 14.7 Å². The van der Waals surface area contributed by atoms with Crippen LogP contribution in [-0.2, 0) is 9.59 Å². The molecule has 5 heteroatoms. The largest absolute Gasteiger partial charge is 0.481 e. The Morgan fingerprint density at radius 2 is 1.62 bits per heavy atom. The first-order valence-corrected chi connectivity index (χ1v) is 5.70. The molecule has 0 aromatic carbocycles. The van der Waals surface area contributed by atoms with E-state index in [2.05, 4.69) is 18.7 Å². The fourth-order valence-electron chi connectivity index (χ4n) is 1.46. The van der Waals surface area contributed by atoms with E-state index < -0.39 is 5.97 Å². The van der Waals surface area contributed by atoms with E-state index in [-0.39, 0.29) is 12.3 Å². The molecule has 0 rings (SSSR count). The highest BCUT2D eigenvalue weighted by atomic mass is 16.4. The van der Waals surface area contributed by atoms with E-state index in [0.29, 0.717) is 13.1 Å². The van der Waals surface area contributed by atoms with E-state index in [0.717, 1.165) is 19.6 Å². The zero-order chi connectivity index (χ0) is 12.6. The normalized spacial score (nSPS) is 10.5. The van der Waals surface area contributed by atoms with Crippen molar-refractivity contribution in [1.82, 2.24) is 9.80 Å². The second kappa shape index (κ2) is 8.10. The number of nitrogens with zero attached hydrogens (tertiary/aromatic N) is 2. The van der Waals surface area contributed by atoms with Crippen LogP contribution in [0.15, 0.2) is 0 Å². The average Bonchev–Trinajstić information content (AvgIpc) is 2.22. The molecule has 16 heavy (non-hydrogen) atoms. The van der Waals surface area contributed by atoms with Crippen molar-refractivity contribution in [3.63, 3.8) is 0 Å². The van der Waals surface area contributed by atoms with Gasteiger partial charge in [-0.15, -0.1) is 0 Å². The summed E-state index contributed by atoms with van der Waals surface area (Å²) in [6.07, 6.45) is 0.0117. The molecule has 0 atom stereocenters. The fourth-order valence-corrected chi connectivity index (χ4v) is 1.46. The number of aliphatic carboxylic acids is 1. The fraction of sp³-hybridized carbons (Fsp3) is 0.818. The molecule has 0 bridgehead atoms. The molecular weight excluding hydrogens is 208 g/mol. The standard InChI is InChI=1S/C11H22N2O3/c1-4-12(5-2)8-9-13(10(3)14)7-6-11(15)16/h4-9H2,1-3H3,(H,15,16). The number of carboxylic acids is 1. The Morgan fingerprint density at radius 3 is 2.00 bits per heavy atom. The van der Waals surface area contributed by atoms with Gasteiger partial charge >= 0.3 is 5.97 Å². The minimum absolute atomic E-state index is 0.0117. The number of hydrogen-bond donors (Lipinski definition) is 1. The van der Waals surface area contributed by atoms with Gasteiger partial charge in [0.1, 0.15) is 0 Å². The topological polar surface area (TPSA) is 60.9 Å². The molecule has 0 saturated heterocycles. The van der Waals surface area contributed by atoms with Crippen LogP contribution in [0, 0.1) is 0 Å². The third-order valence-corrected chi connectivity index (χ3v) is 2.62. The number of likely N-dealkylation sites (N-methyl/N-ethyl adjacent to an activating group) is 1. The maximum Gasteiger partial charge on any atom is 0.305 e. The van der Waals surface area contributed by atoms with Crippen LogP contribution in [-0.4, -0.2) is 59.5 Å². The van der Waals surface area contributed by atoms with Gasteiger partial charge in [-0.3, -0.25) is 9.59 Å². The van der Waals surface area contributed by atoms with Crippen molar-refractivity contribution in [2.24, 2.45) is 0 Å². The van der Waals surface area contributed by atoms with Crippen LogP contribution in [0.25, 0.3) is 0 Å². The monoisotopic (exact) mass is 230 g/mol. The Labute approximate surface area is 97.0 Å². The smallest absolute Gasteiger partial charge is 0.305 e. The zero-order valence-corrected chi connectivity index (χ0v) is 10.4. The Morgan fingerprint density at radius 1 is 1.06 bits per heavy atom. The second-order valence-corrected chi connectivity index (χ2v) is 3.68. The molecule has 1 N–H and O–H groups in total. The summed E-state index contributed by atoms with van der Waals surface area (Å²) in [5, 5.41) is 8.57. The van der Waals surface area contributed by atoms with Crippen molar-refractivity contribution in [1.29, 1.82) is 0 Å². The molecule has 0 aliphatic rings. The predicted molar refractivity (Wildman–Crippen MR) is 62.3 cm³/mol. The van der Waals surface area contributed by atoms with E-state index in [1.54, 1.807) is 4.90 Å². The van der Waals surface area contributed by atoms with E-state index in [4.69, 9.17) is 5.11 Å². The maximum atomic E-state index is 11.3. The number of rotatable bonds is 8. The Hall–Kier alpha value is -1.10. The quantitative estimate of drug-likeness (QED) is 0.665. The molecule has 0 radical (unpaired) electrons. The Balaban J connectivity index is 4.03. The van der Waals surface area contributed by atoms with Crippen LogP contribution < -0.4 is 0 Å². The van der Waals surface area contributed by atoms with Crippen LogP contribution in [0.1, 0.15) is 27.2 Å². The molecule has 0 aromatic rings. The highest BCUT2D eigenvalue weighted by Crippen LogP contribution is 1.95. The number of carbonyl (C=O) groups excluding carboxylic acids is 1. The highest BCUT2D eigenvalue weighted by Gasteiger charge is 2.11. The van der Waals surface area contributed by atoms with Crippen LogP contribution in [0.2, 0.25) is 0 Å². The molecule has 1 amide bonds. The van der Waals surface area contributed by atoms with Gasteiger partial charge in [-0.1, -0.05) is 13.8 Å². The van der Waals surface area contributed by atoms with E-state index in [1.807, 2.05) is 0 Å². The second-order valence-electron chi connectivity index (χ2n) is 3.68. The number of carbonyl (C=O) groups is 2. The third kappa shape index (κ3) is 6.40. The molecule has 0 aliphatic heterocycles. The molecule has 0 aliphatic carbocycles. The summed E-state index contributed by atoms with van der Waals surface area (Å²) in [6, 6.07) is 0. The minimum atomic E-state index is -0.867. The zero-order valence-electron chi connectivity index (χ0n) is 10.4. The van der Waals surface area contributed by atoms with Crippen LogP contribution in [0.4, 0.5) is 0 Å². The van der Waals surface area contributed by atoms with Gasteiger partial charge in [-0.25, -0.2) is 0 Å². The van der Waals surface area contributed by atoms with Crippen molar-refractivity contribution >= 4 is 11.9 Å². The molecule has 5 nitrogen and oxygen atoms in total. The summed E-state index contributed by atoms with van der Waals surface area (Å²) in [6.45, 7) is 9.20. The first-order chi connectivity index (χ1) is 7.51. The molecular formula is C11H22N2O3. The average molecular weight is 230 g/mol. The van der Waals surface area contributed by atoms with Gasteiger partial charge in [-0.2, -0.15) is 0 Å². The molecule has 94 valence electrons. The van der Waals surface area contributed by atoms with Crippen molar-refractivity contribution in [2.75, 3.05) is 32.7 Å². The molecule has 0 heterocycles. The summed E-state index contributed by atoms with van der Waals surface area (Å²) in [7, 11) is 0. The molecule has 0 saturated carbocycles. The summed E-state index contributed by atoms with van der Waals surface area (Å²) < 4.78 is 0. The van der Waals surface area contributed by atoms with E-state index in [9.17, 15) is 9.59 Å². The predicted octanol–water partition coefficient (Wildman–Crippen LogP) is 0.651. The first-order valence-electron chi connectivity index (χ1n) is 5.70. The van der Waals surface area contributed by atoms with Gasteiger partial charge in [0.25, 0.3) is 0 Å². The SMILES string of the molecule is CCN(CC)CCN(CCC(=O)O)C(C)=O. The molecule has 0 spiro atoms. The summed E-state index contributed by atoms with van der Waals surface area (Å²) in [4.78, 5) is 25.5. The van der Waals surface area contributed by atoms with Crippen LogP contribution in [0.3, 0.4) is 0 Å². The van der Waals surface area contributed by atoms with Gasteiger partial charge in [-0.05, 0) is 13.1 Å². The third-order valence-electron chi connectivity index (χ3n) is 2.62. The number of amides is 1. The lowest BCUT2D eigenvalue weighted by Gasteiger charge is -2.25. The molecule has 0 fully saturated rings.